The number of methoxy groups -OCH3 is 2. The van der Waals surface area contributed by atoms with Gasteiger partial charge in [0.25, 0.3) is 0 Å². The highest BCUT2D eigenvalue weighted by Crippen LogP contribution is 2.16. The zero-order valence-electron chi connectivity index (χ0n) is 15.4. The number of nitrogens with one attached hydrogen (secondary N) is 2. The van der Waals surface area contributed by atoms with Gasteiger partial charge in [-0.1, -0.05) is 30.3 Å². The second-order valence-corrected chi connectivity index (χ2v) is 5.46. The molecule has 28 heavy (non-hydrogen) atoms. The van der Waals surface area contributed by atoms with Gasteiger partial charge in [-0.05, 0) is 29.8 Å². The molecule has 0 aromatic heterocycles. The van der Waals surface area contributed by atoms with Gasteiger partial charge in [-0.25, -0.2) is 14.4 Å². The van der Waals surface area contributed by atoms with E-state index in [1.54, 1.807) is 24.3 Å². The number of carbonyl (C=O) groups is 3. The lowest BCUT2D eigenvalue weighted by Crippen LogP contribution is -2.16. The van der Waals surface area contributed by atoms with E-state index in [0.717, 1.165) is 11.6 Å². The molecular weight excluding hydrogens is 364 g/mol. The lowest BCUT2D eigenvalue weighted by molar-refractivity contribution is -0.138. The fourth-order valence-electron chi connectivity index (χ4n) is 2.10. The molecule has 0 aliphatic carbocycles. The first-order valence-corrected chi connectivity index (χ1v) is 8.24. The molecule has 8 heteroatoms. The van der Waals surface area contributed by atoms with Crippen LogP contribution in [-0.4, -0.2) is 32.3 Å². The predicted octanol–water partition coefficient (Wildman–Crippen LogP) is 3.08. The van der Waals surface area contributed by atoms with Crippen molar-refractivity contribution >= 4 is 29.4 Å². The monoisotopic (exact) mass is 384 g/mol. The Labute approximate surface area is 162 Å². The zero-order valence-corrected chi connectivity index (χ0v) is 15.4. The SMILES string of the molecule is COC(=O)/C=C(/Nc1ccc(NC(=O)OCc2ccccc2)cc1)C(=O)OC. The second-order valence-electron chi connectivity index (χ2n) is 5.46. The van der Waals surface area contributed by atoms with Crippen LogP contribution in [0.1, 0.15) is 5.56 Å². The molecule has 0 heterocycles. The van der Waals surface area contributed by atoms with Gasteiger partial charge in [0.15, 0.2) is 0 Å². The molecule has 1 amide bonds. The minimum absolute atomic E-state index is 0.0858. The summed E-state index contributed by atoms with van der Waals surface area (Å²) in [5.41, 5.74) is 1.80. The van der Waals surface area contributed by atoms with Crippen LogP contribution >= 0.6 is 0 Å². The van der Waals surface area contributed by atoms with Crippen LogP contribution in [0.4, 0.5) is 16.2 Å². The lowest BCUT2D eigenvalue weighted by atomic mass is 10.2. The minimum atomic E-state index is -0.725. The fraction of sp³-hybridized carbons (Fsp3) is 0.150. The van der Waals surface area contributed by atoms with Crippen molar-refractivity contribution in [3.05, 3.63) is 71.9 Å². The third kappa shape index (κ3) is 6.49. The second kappa shape index (κ2) is 10.4. The van der Waals surface area contributed by atoms with Gasteiger partial charge < -0.3 is 19.5 Å². The molecule has 2 aromatic rings. The summed E-state index contributed by atoms with van der Waals surface area (Å²) in [7, 11) is 2.40. The molecule has 0 bridgehead atoms. The normalized spacial score (nSPS) is 10.6. The highest BCUT2D eigenvalue weighted by molar-refractivity contribution is 5.98. The third-order valence-corrected chi connectivity index (χ3v) is 3.49. The van der Waals surface area contributed by atoms with Crippen molar-refractivity contribution in [2.45, 2.75) is 6.61 Å². The van der Waals surface area contributed by atoms with Gasteiger partial charge in [0.1, 0.15) is 12.3 Å². The summed E-state index contributed by atoms with van der Waals surface area (Å²) < 4.78 is 14.3. The minimum Gasteiger partial charge on any atom is -0.466 e. The van der Waals surface area contributed by atoms with E-state index in [1.807, 2.05) is 30.3 Å². The van der Waals surface area contributed by atoms with E-state index < -0.39 is 18.0 Å². The first kappa shape index (κ1) is 20.5. The molecule has 0 atom stereocenters. The molecule has 146 valence electrons. The molecular formula is C20H20N2O6. The summed E-state index contributed by atoms with van der Waals surface area (Å²) in [6.07, 6.45) is 0.393. The van der Waals surface area contributed by atoms with E-state index in [1.165, 1.54) is 14.2 Å². The fourth-order valence-corrected chi connectivity index (χ4v) is 2.10. The molecule has 0 fully saturated rings. The number of anilines is 2. The number of carbonyl (C=O) groups excluding carboxylic acids is 3. The lowest BCUT2D eigenvalue weighted by Gasteiger charge is -2.10. The highest BCUT2D eigenvalue weighted by atomic mass is 16.5. The number of hydrogen-bond acceptors (Lipinski definition) is 7. The number of hydrogen-bond donors (Lipinski definition) is 2. The Morgan fingerprint density at radius 1 is 0.857 bits per heavy atom. The van der Waals surface area contributed by atoms with Gasteiger partial charge in [-0.3, -0.25) is 5.32 Å². The van der Waals surface area contributed by atoms with Crippen molar-refractivity contribution in [2.75, 3.05) is 24.9 Å². The van der Waals surface area contributed by atoms with E-state index in [9.17, 15) is 14.4 Å². The zero-order chi connectivity index (χ0) is 20.4. The molecule has 0 saturated carbocycles. The average Bonchev–Trinajstić information content (AvgIpc) is 2.73. The first-order valence-electron chi connectivity index (χ1n) is 8.24. The number of esters is 2. The van der Waals surface area contributed by atoms with E-state index in [2.05, 4.69) is 20.1 Å². The van der Waals surface area contributed by atoms with Gasteiger partial charge in [0.05, 0.1) is 20.3 Å². The molecule has 0 aliphatic heterocycles. The van der Waals surface area contributed by atoms with Crippen LogP contribution in [0.3, 0.4) is 0 Å². The molecule has 0 radical (unpaired) electrons. The maximum Gasteiger partial charge on any atom is 0.411 e. The van der Waals surface area contributed by atoms with Crippen molar-refractivity contribution < 1.29 is 28.6 Å². The third-order valence-electron chi connectivity index (χ3n) is 3.49. The van der Waals surface area contributed by atoms with Crippen molar-refractivity contribution in [2.24, 2.45) is 0 Å². The van der Waals surface area contributed by atoms with E-state index in [0.29, 0.717) is 11.4 Å². The molecule has 2 aromatic carbocycles. The summed E-state index contributed by atoms with van der Waals surface area (Å²) in [6.45, 7) is 0.160. The molecule has 0 aliphatic rings. The Bertz CT molecular complexity index is 847. The van der Waals surface area contributed by atoms with Crippen LogP contribution in [0, 0.1) is 0 Å². The average molecular weight is 384 g/mol. The Hall–Kier alpha value is -3.81. The Morgan fingerprint density at radius 2 is 1.46 bits per heavy atom. The number of ether oxygens (including phenoxy) is 3. The first-order chi connectivity index (χ1) is 13.5. The van der Waals surface area contributed by atoms with E-state index in [4.69, 9.17) is 4.74 Å². The van der Waals surface area contributed by atoms with Gasteiger partial charge in [-0.2, -0.15) is 0 Å². The van der Waals surface area contributed by atoms with Crippen LogP contribution in [0.25, 0.3) is 0 Å². The molecule has 0 spiro atoms. The van der Waals surface area contributed by atoms with Gasteiger partial charge in [0.2, 0.25) is 0 Å². The van der Waals surface area contributed by atoms with Crippen LogP contribution in [0.15, 0.2) is 66.4 Å². The van der Waals surface area contributed by atoms with Gasteiger partial charge >= 0.3 is 18.0 Å². The summed E-state index contributed by atoms with van der Waals surface area (Å²) in [5, 5.41) is 5.36. The molecule has 0 unspecified atom stereocenters. The van der Waals surface area contributed by atoms with Gasteiger partial charge in [-0.15, -0.1) is 0 Å². The summed E-state index contributed by atoms with van der Waals surface area (Å²) in [4.78, 5) is 35.0. The van der Waals surface area contributed by atoms with Crippen LogP contribution in [0.5, 0.6) is 0 Å². The molecule has 2 rings (SSSR count). The number of amides is 1. The van der Waals surface area contributed by atoms with Gasteiger partial charge in [0, 0.05) is 11.4 Å². The summed E-state index contributed by atoms with van der Waals surface area (Å²) in [5.74, 6) is -1.43. The summed E-state index contributed by atoms with van der Waals surface area (Å²) in [6, 6.07) is 15.8. The van der Waals surface area contributed by atoms with E-state index in [-0.39, 0.29) is 12.3 Å². The van der Waals surface area contributed by atoms with E-state index >= 15 is 0 Å². The Morgan fingerprint density at radius 3 is 2.04 bits per heavy atom. The smallest absolute Gasteiger partial charge is 0.411 e. The van der Waals surface area contributed by atoms with Crippen molar-refractivity contribution in [1.29, 1.82) is 0 Å². The largest absolute Gasteiger partial charge is 0.466 e. The molecule has 8 nitrogen and oxygen atoms in total. The van der Waals surface area contributed by atoms with Crippen LogP contribution in [-0.2, 0) is 30.4 Å². The Balaban J connectivity index is 1.94. The standard InChI is InChI=1S/C20H20N2O6/c1-26-18(23)12-17(19(24)27-2)21-15-8-10-16(11-9-15)22-20(25)28-13-14-6-4-3-5-7-14/h3-12,21H,13H2,1-2H3,(H,22,25)/b17-12+. The van der Waals surface area contributed by atoms with Crippen molar-refractivity contribution in [3.63, 3.8) is 0 Å². The maximum atomic E-state index is 11.9. The maximum absolute atomic E-state index is 11.9. The molecule has 2 N–H and O–H groups in total. The van der Waals surface area contributed by atoms with Crippen LogP contribution < -0.4 is 10.6 Å². The number of rotatable bonds is 7. The molecule has 0 saturated heterocycles. The van der Waals surface area contributed by atoms with Crippen molar-refractivity contribution in [3.8, 4) is 0 Å². The quantitative estimate of drug-likeness (QED) is 0.430. The Kier molecular flexibility index (Phi) is 7.59. The predicted molar refractivity (Wildman–Crippen MR) is 102 cm³/mol. The number of benzene rings is 2. The van der Waals surface area contributed by atoms with Crippen molar-refractivity contribution in [1.82, 2.24) is 0 Å². The highest BCUT2D eigenvalue weighted by Gasteiger charge is 2.13. The van der Waals surface area contributed by atoms with Crippen LogP contribution in [0.2, 0.25) is 0 Å². The summed E-state index contributed by atoms with van der Waals surface area (Å²) >= 11 is 0. The topological polar surface area (TPSA) is 103 Å².